The first-order valence-corrected chi connectivity index (χ1v) is 2.65. The molecular formula is C8H8ClN. The number of hydrogen-bond acceptors (Lipinski definition) is 1. The lowest BCUT2D eigenvalue weighted by molar-refractivity contribution is 1.64. The summed E-state index contributed by atoms with van der Waals surface area (Å²) in [5.41, 5.74) is 6.98. The summed E-state index contributed by atoms with van der Waals surface area (Å²) in [5.74, 6) is 2.49. The predicted molar refractivity (Wildman–Crippen MR) is 46.0 cm³/mol. The highest BCUT2D eigenvalue weighted by Crippen LogP contribution is 2.03. The Morgan fingerprint density at radius 2 is 2.10 bits per heavy atom. The number of halogens is 1. The van der Waals surface area contributed by atoms with E-state index in [1.165, 1.54) is 0 Å². The SMILES string of the molecule is C#Cc1cccc(N)c1.Cl. The molecule has 0 bridgehead atoms. The lowest BCUT2D eigenvalue weighted by atomic mass is 10.2. The van der Waals surface area contributed by atoms with Gasteiger partial charge in [-0.3, -0.25) is 0 Å². The Morgan fingerprint density at radius 3 is 2.50 bits per heavy atom. The van der Waals surface area contributed by atoms with E-state index in [9.17, 15) is 0 Å². The monoisotopic (exact) mass is 153 g/mol. The van der Waals surface area contributed by atoms with Crippen LogP contribution < -0.4 is 5.73 Å². The van der Waals surface area contributed by atoms with Gasteiger partial charge in [-0.1, -0.05) is 12.0 Å². The zero-order valence-electron chi connectivity index (χ0n) is 5.37. The highest BCUT2D eigenvalue weighted by atomic mass is 35.5. The largest absolute Gasteiger partial charge is 0.399 e. The van der Waals surface area contributed by atoms with E-state index >= 15 is 0 Å². The molecule has 0 aliphatic rings. The van der Waals surface area contributed by atoms with Gasteiger partial charge in [0.25, 0.3) is 0 Å². The number of benzene rings is 1. The van der Waals surface area contributed by atoms with Crippen molar-refractivity contribution >= 4 is 18.1 Å². The highest BCUT2D eigenvalue weighted by molar-refractivity contribution is 5.85. The number of hydrogen-bond donors (Lipinski definition) is 1. The molecule has 0 amide bonds. The van der Waals surface area contributed by atoms with Crippen molar-refractivity contribution in [2.24, 2.45) is 0 Å². The van der Waals surface area contributed by atoms with E-state index < -0.39 is 0 Å². The van der Waals surface area contributed by atoms with Crippen LogP contribution in [0, 0.1) is 12.3 Å². The number of terminal acetylenes is 1. The van der Waals surface area contributed by atoms with Gasteiger partial charge in [-0.15, -0.1) is 18.8 Å². The number of rotatable bonds is 0. The third kappa shape index (κ3) is 2.00. The maximum atomic E-state index is 5.44. The van der Waals surface area contributed by atoms with Crippen LogP contribution in [0.3, 0.4) is 0 Å². The fourth-order valence-electron chi connectivity index (χ4n) is 0.628. The molecular weight excluding hydrogens is 146 g/mol. The zero-order chi connectivity index (χ0) is 6.69. The minimum atomic E-state index is 0. The Labute approximate surface area is 66.7 Å². The van der Waals surface area contributed by atoms with E-state index in [-0.39, 0.29) is 12.4 Å². The molecule has 1 aromatic rings. The van der Waals surface area contributed by atoms with Crippen molar-refractivity contribution in [2.75, 3.05) is 5.73 Å². The molecule has 0 unspecified atom stereocenters. The Morgan fingerprint density at radius 1 is 1.40 bits per heavy atom. The molecule has 0 saturated carbocycles. The van der Waals surface area contributed by atoms with Gasteiger partial charge in [-0.25, -0.2) is 0 Å². The third-order valence-corrected chi connectivity index (χ3v) is 1.05. The quantitative estimate of drug-likeness (QED) is 0.446. The van der Waals surface area contributed by atoms with Crippen LogP contribution in [0.25, 0.3) is 0 Å². The minimum Gasteiger partial charge on any atom is -0.399 e. The topological polar surface area (TPSA) is 26.0 Å². The normalized spacial score (nSPS) is 7.50. The summed E-state index contributed by atoms with van der Waals surface area (Å²) in [6.07, 6.45) is 5.11. The van der Waals surface area contributed by atoms with Gasteiger partial charge in [0.15, 0.2) is 0 Å². The van der Waals surface area contributed by atoms with Crippen LogP contribution in [0.1, 0.15) is 5.56 Å². The highest BCUT2D eigenvalue weighted by Gasteiger charge is 1.84. The van der Waals surface area contributed by atoms with E-state index in [2.05, 4.69) is 5.92 Å². The van der Waals surface area contributed by atoms with Gasteiger partial charge in [0.1, 0.15) is 0 Å². The molecule has 0 aliphatic heterocycles. The molecule has 0 atom stereocenters. The molecule has 1 nitrogen and oxygen atoms in total. The lowest BCUT2D eigenvalue weighted by Gasteiger charge is -1.90. The fraction of sp³-hybridized carbons (Fsp3) is 0. The number of anilines is 1. The Balaban J connectivity index is 0.000000810. The smallest absolute Gasteiger partial charge is 0.0326 e. The number of nitrogen functional groups attached to an aromatic ring is 1. The predicted octanol–water partition coefficient (Wildman–Crippen LogP) is 1.67. The van der Waals surface area contributed by atoms with Crippen molar-refractivity contribution < 1.29 is 0 Å². The van der Waals surface area contributed by atoms with Crippen molar-refractivity contribution in [2.45, 2.75) is 0 Å². The maximum Gasteiger partial charge on any atom is 0.0326 e. The second-order valence-corrected chi connectivity index (χ2v) is 1.77. The average molecular weight is 154 g/mol. The number of nitrogens with two attached hydrogens (primary N) is 1. The summed E-state index contributed by atoms with van der Waals surface area (Å²) in [6.45, 7) is 0. The summed E-state index contributed by atoms with van der Waals surface area (Å²) >= 11 is 0. The molecule has 1 aromatic carbocycles. The van der Waals surface area contributed by atoms with Crippen LogP contribution in [-0.4, -0.2) is 0 Å². The van der Waals surface area contributed by atoms with Crippen molar-refractivity contribution in [3.8, 4) is 12.3 Å². The fourth-order valence-corrected chi connectivity index (χ4v) is 0.628. The molecule has 52 valence electrons. The van der Waals surface area contributed by atoms with Crippen LogP contribution in [0.5, 0.6) is 0 Å². The average Bonchev–Trinajstić information content (AvgIpc) is 1.88. The van der Waals surface area contributed by atoms with Crippen LogP contribution in [0.15, 0.2) is 24.3 Å². The summed E-state index contributed by atoms with van der Waals surface area (Å²) in [7, 11) is 0. The first-order chi connectivity index (χ1) is 4.33. The Bertz CT molecular complexity index is 250. The molecule has 0 fully saturated rings. The van der Waals surface area contributed by atoms with Gasteiger partial charge >= 0.3 is 0 Å². The summed E-state index contributed by atoms with van der Waals surface area (Å²) in [5, 5.41) is 0. The second kappa shape index (κ2) is 3.81. The van der Waals surface area contributed by atoms with E-state index in [1.54, 1.807) is 12.1 Å². The van der Waals surface area contributed by atoms with Crippen molar-refractivity contribution in [1.82, 2.24) is 0 Å². The third-order valence-electron chi connectivity index (χ3n) is 1.05. The standard InChI is InChI=1S/C8H7N.ClH/c1-2-7-4-3-5-8(9)6-7;/h1,3-6H,9H2;1H. The maximum absolute atomic E-state index is 5.44. The van der Waals surface area contributed by atoms with Crippen LogP contribution in [-0.2, 0) is 0 Å². The molecule has 10 heavy (non-hydrogen) atoms. The summed E-state index contributed by atoms with van der Waals surface area (Å²) < 4.78 is 0. The molecule has 0 heterocycles. The van der Waals surface area contributed by atoms with E-state index in [0.29, 0.717) is 5.69 Å². The van der Waals surface area contributed by atoms with Gasteiger partial charge in [0.05, 0.1) is 0 Å². The first kappa shape index (κ1) is 8.87. The molecule has 2 heteroatoms. The van der Waals surface area contributed by atoms with Gasteiger partial charge < -0.3 is 5.73 Å². The minimum absolute atomic E-state index is 0. The van der Waals surface area contributed by atoms with Crippen LogP contribution >= 0.6 is 12.4 Å². The van der Waals surface area contributed by atoms with E-state index in [0.717, 1.165) is 5.56 Å². The van der Waals surface area contributed by atoms with Crippen LogP contribution in [0.2, 0.25) is 0 Å². The molecule has 2 N–H and O–H groups in total. The zero-order valence-corrected chi connectivity index (χ0v) is 6.19. The van der Waals surface area contributed by atoms with E-state index in [4.69, 9.17) is 12.2 Å². The van der Waals surface area contributed by atoms with Crippen molar-refractivity contribution in [3.05, 3.63) is 29.8 Å². The van der Waals surface area contributed by atoms with Crippen molar-refractivity contribution in [3.63, 3.8) is 0 Å². The Hall–Kier alpha value is -1.13. The van der Waals surface area contributed by atoms with Gasteiger partial charge in [-0.05, 0) is 18.2 Å². The molecule has 0 saturated heterocycles. The lowest BCUT2D eigenvalue weighted by Crippen LogP contribution is -1.83. The molecule has 0 aliphatic carbocycles. The molecule has 1 rings (SSSR count). The molecule has 0 aromatic heterocycles. The summed E-state index contributed by atoms with van der Waals surface area (Å²) in [6, 6.07) is 7.25. The van der Waals surface area contributed by atoms with Crippen molar-refractivity contribution in [1.29, 1.82) is 0 Å². The second-order valence-electron chi connectivity index (χ2n) is 1.77. The van der Waals surface area contributed by atoms with Gasteiger partial charge in [-0.2, -0.15) is 0 Å². The molecule has 0 radical (unpaired) electrons. The van der Waals surface area contributed by atoms with Crippen LogP contribution in [0.4, 0.5) is 5.69 Å². The van der Waals surface area contributed by atoms with E-state index in [1.807, 2.05) is 12.1 Å². The van der Waals surface area contributed by atoms with Gasteiger partial charge in [0, 0.05) is 11.3 Å². The Kier molecular flexibility index (Phi) is 3.38. The molecule has 0 spiro atoms. The van der Waals surface area contributed by atoms with Gasteiger partial charge in [0.2, 0.25) is 0 Å². The summed E-state index contributed by atoms with van der Waals surface area (Å²) in [4.78, 5) is 0. The first-order valence-electron chi connectivity index (χ1n) is 2.65.